The molecule has 0 atom stereocenters. The van der Waals surface area contributed by atoms with Crippen LogP contribution in [0.5, 0.6) is 0 Å². The highest BCUT2D eigenvalue weighted by atomic mass is 31.8. The molecule has 0 aliphatic rings. The van der Waals surface area contributed by atoms with E-state index in [9.17, 15) is 4.57 Å². The van der Waals surface area contributed by atoms with Gasteiger partial charge in [0, 0.05) is 0 Å². The lowest BCUT2D eigenvalue weighted by Gasteiger charge is -2.08. The first-order valence-electron chi connectivity index (χ1n) is 1.57. The fraction of sp³-hybridized carbons (Fsp3) is 0. The minimum absolute atomic E-state index is 2.17. The Morgan fingerprint density at radius 1 is 1.22 bits per heavy atom. The van der Waals surface area contributed by atoms with E-state index in [0.717, 1.165) is 0 Å². The molecule has 0 aromatic rings. The second kappa shape index (κ2) is 2.79. The zero-order valence-electron chi connectivity index (χ0n) is 4.00. The van der Waals surface area contributed by atoms with Gasteiger partial charge in [-0.05, 0) is 8.53 Å². The molecule has 0 rings (SSSR count). The molecule has 0 saturated heterocycles. The predicted molar refractivity (Wildman–Crippen MR) is 32.8 cm³/mol. The van der Waals surface area contributed by atoms with Crippen LogP contribution < -0.4 is 0 Å². The third-order valence-electron chi connectivity index (χ3n) is 0.220. The molecule has 0 heterocycles. The van der Waals surface area contributed by atoms with Gasteiger partial charge >= 0.3 is 7.82 Å². The Bertz CT molecular complexity index is 149. The number of hydrogen-bond donors (Lipinski definition) is 4. The quantitative estimate of drug-likeness (QED) is 0.457. The average Bonchev–Trinajstić information content (AvgIpc) is 1.14. The molecule has 0 aromatic heterocycles. The van der Waals surface area contributed by atoms with E-state index in [1.807, 2.05) is 0 Å². The monoisotopic (exact) mass is 194 g/mol. The molecule has 6 nitrogen and oxygen atoms in total. The molecule has 0 aromatic carbocycles. The molecule has 0 fully saturated rings. The van der Waals surface area contributed by atoms with Crippen LogP contribution in [0.1, 0.15) is 0 Å². The highest BCUT2D eigenvalue weighted by Gasteiger charge is 2.22. The summed E-state index contributed by atoms with van der Waals surface area (Å²) in [5, 5.41) is 0. The van der Waals surface area contributed by atoms with Gasteiger partial charge in [-0.1, -0.05) is 0 Å². The lowest BCUT2D eigenvalue weighted by molar-refractivity contribution is 0.259. The van der Waals surface area contributed by atoms with Crippen LogP contribution >= 0.6 is 23.6 Å². The molecule has 0 saturated carbocycles. The maximum absolute atomic E-state index is 9.80. The summed E-state index contributed by atoms with van der Waals surface area (Å²) in [6, 6.07) is 0. The van der Waals surface area contributed by atoms with Gasteiger partial charge < -0.3 is 19.6 Å². The largest absolute Gasteiger partial charge is 0.476 e. The van der Waals surface area contributed by atoms with Crippen molar-refractivity contribution in [2.24, 2.45) is 0 Å². The molecule has 0 radical (unpaired) electrons. The summed E-state index contributed by atoms with van der Waals surface area (Å²) in [4.78, 5) is 32.3. The van der Waals surface area contributed by atoms with E-state index in [0.29, 0.717) is 0 Å². The van der Waals surface area contributed by atoms with Crippen molar-refractivity contribution in [3.05, 3.63) is 0 Å². The third-order valence-corrected chi connectivity index (χ3v) is 2.72. The Hall–Kier alpha value is 0.760. The molecule has 0 aliphatic carbocycles. The Morgan fingerprint density at radius 3 is 1.56 bits per heavy atom. The zero-order chi connectivity index (χ0) is 7.71. The number of hydrogen-bond acceptors (Lipinski definition) is 2. The third kappa shape index (κ3) is 8.76. The van der Waals surface area contributed by atoms with Crippen molar-refractivity contribution >= 4 is 23.6 Å². The molecule has 4 N–H and O–H groups in total. The van der Waals surface area contributed by atoms with Crippen LogP contribution in [-0.2, 0) is 8.88 Å². The fourth-order valence-corrected chi connectivity index (χ4v) is 2.29. The average molecular weight is 194 g/mol. The van der Waals surface area contributed by atoms with Gasteiger partial charge in [-0.2, -0.15) is 0 Å². The Labute approximate surface area is 53.0 Å². The first-order valence-corrected chi connectivity index (χ1v) is 6.06. The van der Waals surface area contributed by atoms with Crippen LogP contribution in [0.4, 0.5) is 0 Å². The molecule has 0 aliphatic heterocycles. The molecular weight excluding hydrogens is 189 g/mol. The van der Waals surface area contributed by atoms with Crippen molar-refractivity contribution in [2.45, 2.75) is 0 Å². The summed E-state index contributed by atoms with van der Waals surface area (Å²) in [5.41, 5.74) is 0. The predicted octanol–water partition coefficient (Wildman–Crippen LogP) is -0.0993. The highest BCUT2D eigenvalue weighted by molar-refractivity contribution is 7.90. The van der Waals surface area contributed by atoms with Gasteiger partial charge in [0.05, 0.1) is 0 Å². The van der Waals surface area contributed by atoms with Crippen molar-refractivity contribution < 1.29 is 28.4 Å². The van der Waals surface area contributed by atoms with Crippen LogP contribution in [-0.4, -0.2) is 19.6 Å². The van der Waals surface area contributed by atoms with Crippen molar-refractivity contribution in [3.63, 3.8) is 0 Å². The molecular formula is H5O6P3. The molecule has 9 heavy (non-hydrogen) atoms. The number of rotatable bonds is 2. The van der Waals surface area contributed by atoms with E-state index in [4.69, 9.17) is 19.6 Å². The first kappa shape index (κ1) is 9.76. The van der Waals surface area contributed by atoms with Gasteiger partial charge in [-0.3, -0.25) is 0 Å². The molecule has 56 valence electrons. The van der Waals surface area contributed by atoms with E-state index in [2.05, 4.69) is 12.8 Å². The maximum atomic E-state index is 9.80. The molecule has 0 unspecified atom stereocenters. The van der Waals surface area contributed by atoms with Gasteiger partial charge in [-0.25, -0.2) is 8.88 Å². The zero-order valence-corrected chi connectivity index (χ0v) is 6.79. The summed E-state index contributed by atoms with van der Waals surface area (Å²) < 4.78 is 13.2. The van der Waals surface area contributed by atoms with Crippen molar-refractivity contribution in [2.75, 3.05) is 0 Å². The Morgan fingerprint density at radius 2 is 1.56 bits per heavy atom. The molecule has 0 spiro atoms. The molecule has 9 heteroatoms. The van der Waals surface area contributed by atoms with Gasteiger partial charge in [0.15, 0.2) is 0 Å². The van der Waals surface area contributed by atoms with Crippen LogP contribution in [0.3, 0.4) is 0 Å². The first-order chi connectivity index (χ1) is 3.71. The van der Waals surface area contributed by atoms with E-state index in [1.165, 1.54) is 0 Å². The Balaban J connectivity index is 4.07. The van der Waals surface area contributed by atoms with Crippen LogP contribution in [0.15, 0.2) is 0 Å². The second-order valence-corrected chi connectivity index (χ2v) is 5.59. The van der Waals surface area contributed by atoms with Crippen molar-refractivity contribution in [1.29, 1.82) is 0 Å². The van der Waals surface area contributed by atoms with E-state index < -0.39 is 15.1 Å². The SMILES string of the molecule is O=P(O)(O)OP(O)(O)=P. The summed E-state index contributed by atoms with van der Waals surface area (Å²) in [5.74, 6) is 0. The maximum Gasteiger partial charge on any atom is 0.476 e. The van der Waals surface area contributed by atoms with Crippen LogP contribution in [0.2, 0.25) is 0 Å². The van der Waals surface area contributed by atoms with Crippen molar-refractivity contribution in [1.82, 2.24) is 0 Å². The lowest BCUT2D eigenvalue weighted by Crippen LogP contribution is -1.82. The van der Waals surface area contributed by atoms with Crippen LogP contribution in [0.25, 0.3) is 0 Å². The lowest BCUT2D eigenvalue weighted by atomic mass is 15.7. The van der Waals surface area contributed by atoms with E-state index in [-0.39, 0.29) is 0 Å². The van der Waals surface area contributed by atoms with E-state index >= 15 is 0 Å². The summed E-state index contributed by atoms with van der Waals surface area (Å²) in [6.45, 7) is 0. The fourth-order valence-electron chi connectivity index (χ4n) is 0.148. The van der Waals surface area contributed by atoms with Gasteiger partial charge in [0.1, 0.15) is 0 Å². The molecule has 0 bridgehead atoms. The van der Waals surface area contributed by atoms with Crippen LogP contribution in [0, 0.1) is 0 Å². The summed E-state index contributed by atoms with van der Waals surface area (Å²) >= 11 is 0. The van der Waals surface area contributed by atoms with Gasteiger partial charge in [0.25, 0.3) is 7.23 Å². The summed E-state index contributed by atoms with van der Waals surface area (Å²) in [7, 11) is -6.61. The number of phosphoric acid groups is 1. The summed E-state index contributed by atoms with van der Waals surface area (Å²) in [6.07, 6.45) is 0. The van der Waals surface area contributed by atoms with E-state index in [1.54, 1.807) is 0 Å². The molecule has 0 amide bonds. The topological polar surface area (TPSA) is 107 Å². The van der Waals surface area contributed by atoms with Gasteiger partial charge in [0.2, 0.25) is 0 Å². The second-order valence-electron chi connectivity index (χ2n) is 1.12. The Kier molecular flexibility index (Phi) is 3.02. The minimum Gasteiger partial charge on any atom is -0.330 e. The van der Waals surface area contributed by atoms with Gasteiger partial charge in [-0.15, -0.1) is 0 Å². The highest BCUT2D eigenvalue weighted by Crippen LogP contribution is 2.57. The van der Waals surface area contributed by atoms with Crippen molar-refractivity contribution in [3.8, 4) is 0 Å². The minimum atomic E-state index is -4.79. The standard InChI is InChI=1S/H5O6P3/c1-8(2,3)6-9(4,5)7/h4-5,7H,(H2,1,2,3). The smallest absolute Gasteiger partial charge is 0.330 e. The normalized spacial score (nSPS) is 13.8.